The van der Waals surface area contributed by atoms with Crippen molar-refractivity contribution in [3.05, 3.63) is 42.0 Å². The van der Waals surface area contributed by atoms with Crippen molar-refractivity contribution in [1.29, 1.82) is 0 Å². The predicted octanol–water partition coefficient (Wildman–Crippen LogP) is 1.68. The Kier molecular flexibility index (Phi) is 6.11. The number of aldehydes is 1. The number of ether oxygens (including phenoxy) is 2. The second-order valence-corrected chi connectivity index (χ2v) is 5.06. The summed E-state index contributed by atoms with van der Waals surface area (Å²) in [5.41, 5.74) is -0.186. The van der Waals surface area contributed by atoms with Gasteiger partial charge in [0.2, 0.25) is 0 Å². The third-order valence-electron chi connectivity index (χ3n) is 2.67. The first kappa shape index (κ1) is 16.9. The zero-order chi connectivity index (χ0) is 15.9. The van der Waals surface area contributed by atoms with Gasteiger partial charge in [-0.3, -0.25) is 0 Å². The molecule has 0 aromatic heterocycles. The zero-order valence-electron chi connectivity index (χ0n) is 12.3. The number of esters is 1. The lowest BCUT2D eigenvalue weighted by Crippen LogP contribution is -2.28. The Hall–Kier alpha value is -2.14. The fraction of sp³-hybridized carbons (Fsp3) is 0.375. The molecule has 0 amide bonds. The molecule has 0 spiro atoms. The summed E-state index contributed by atoms with van der Waals surface area (Å²) in [4.78, 5) is 21.8. The van der Waals surface area contributed by atoms with Gasteiger partial charge in [-0.05, 0) is 31.5 Å². The highest BCUT2D eigenvalue weighted by atomic mass is 16.6. The molecule has 0 radical (unpaired) electrons. The quantitative estimate of drug-likeness (QED) is 0.341. The van der Waals surface area contributed by atoms with Gasteiger partial charge in [-0.1, -0.05) is 18.7 Å². The van der Waals surface area contributed by atoms with Crippen LogP contribution in [-0.2, 0) is 20.7 Å². The molecule has 1 aromatic carbocycles. The summed E-state index contributed by atoms with van der Waals surface area (Å²) in [7, 11) is 0. The van der Waals surface area contributed by atoms with Crippen LogP contribution >= 0.6 is 0 Å². The fourth-order valence-corrected chi connectivity index (χ4v) is 1.58. The number of rotatable bonds is 8. The van der Waals surface area contributed by atoms with Crippen LogP contribution in [0.2, 0.25) is 0 Å². The molecule has 1 atom stereocenters. The maximum atomic E-state index is 11.1. The van der Waals surface area contributed by atoms with Crippen LogP contribution in [-0.4, -0.2) is 36.2 Å². The van der Waals surface area contributed by atoms with Crippen LogP contribution in [0.4, 0.5) is 0 Å². The van der Waals surface area contributed by atoms with Gasteiger partial charge >= 0.3 is 5.97 Å². The van der Waals surface area contributed by atoms with E-state index in [2.05, 4.69) is 6.58 Å². The summed E-state index contributed by atoms with van der Waals surface area (Å²) in [6, 6.07) is 7.01. The molecule has 21 heavy (non-hydrogen) atoms. The van der Waals surface area contributed by atoms with Crippen molar-refractivity contribution in [2.45, 2.75) is 25.9 Å². The molecule has 1 rings (SSSR count). The Morgan fingerprint density at radius 3 is 2.48 bits per heavy atom. The SMILES string of the molecule is C=C(C)C(=O)OCCOc1ccc(CC(C)(O)C=O)cc1. The highest BCUT2D eigenvalue weighted by Gasteiger charge is 2.19. The minimum atomic E-state index is -1.36. The normalized spacial score (nSPS) is 13.1. The second kappa shape index (κ2) is 7.59. The van der Waals surface area contributed by atoms with Crippen LogP contribution in [0.25, 0.3) is 0 Å². The van der Waals surface area contributed by atoms with E-state index in [4.69, 9.17) is 9.47 Å². The summed E-state index contributed by atoms with van der Waals surface area (Å²) in [5, 5.41) is 9.66. The monoisotopic (exact) mass is 292 g/mol. The third kappa shape index (κ3) is 6.23. The first-order valence-corrected chi connectivity index (χ1v) is 6.57. The summed E-state index contributed by atoms with van der Waals surface area (Å²) < 4.78 is 10.3. The van der Waals surface area contributed by atoms with E-state index in [1.165, 1.54) is 6.92 Å². The minimum Gasteiger partial charge on any atom is -0.490 e. The average Bonchev–Trinajstić information content (AvgIpc) is 2.44. The van der Waals surface area contributed by atoms with Gasteiger partial charge in [0, 0.05) is 12.0 Å². The molecule has 0 aliphatic carbocycles. The molecule has 0 heterocycles. The van der Waals surface area contributed by atoms with E-state index >= 15 is 0 Å². The van der Waals surface area contributed by atoms with Crippen molar-refractivity contribution < 1.29 is 24.2 Å². The van der Waals surface area contributed by atoms with Crippen LogP contribution in [0.5, 0.6) is 5.75 Å². The second-order valence-electron chi connectivity index (χ2n) is 5.06. The molecule has 0 bridgehead atoms. The molecule has 5 heteroatoms. The number of aliphatic hydroxyl groups is 1. The van der Waals surface area contributed by atoms with Crippen LogP contribution in [0.3, 0.4) is 0 Å². The van der Waals surface area contributed by atoms with E-state index in [9.17, 15) is 14.7 Å². The maximum Gasteiger partial charge on any atom is 0.333 e. The summed E-state index contributed by atoms with van der Waals surface area (Å²) >= 11 is 0. The minimum absolute atomic E-state index is 0.146. The number of carbonyl (C=O) groups excluding carboxylic acids is 2. The van der Waals surface area contributed by atoms with Crippen molar-refractivity contribution in [1.82, 2.24) is 0 Å². The first-order chi connectivity index (χ1) is 9.84. The van der Waals surface area contributed by atoms with Gasteiger partial charge in [0.25, 0.3) is 0 Å². The van der Waals surface area contributed by atoms with E-state index in [1.807, 2.05) is 0 Å². The van der Waals surface area contributed by atoms with Crippen LogP contribution in [0, 0.1) is 0 Å². The summed E-state index contributed by atoms with van der Waals surface area (Å²) in [5.74, 6) is 0.181. The number of carbonyl (C=O) groups is 2. The third-order valence-corrected chi connectivity index (χ3v) is 2.67. The molecule has 0 saturated heterocycles. The average molecular weight is 292 g/mol. The molecule has 0 saturated carbocycles. The van der Waals surface area contributed by atoms with E-state index < -0.39 is 11.6 Å². The van der Waals surface area contributed by atoms with E-state index in [0.717, 1.165) is 5.56 Å². The van der Waals surface area contributed by atoms with Gasteiger partial charge in [0.15, 0.2) is 6.29 Å². The number of benzene rings is 1. The molecule has 0 aliphatic heterocycles. The standard InChI is InChI=1S/C16H20O5/c1-12(2)15(18)21-9-8-20-14-6-4-13(5-7-14)10-16(3,19)11-17/h4-7,11,19H,1,8-10H2,2-3H3. The van der Waals surface area contributed by atoms with E-state index in [1.54, 1.807) is 31.2 Å². The van der Waals surface area contributed by atoms with Crippen molar-refractivity contribution >= 4 is 12.3 Å². The van der Waals surface area contributed by atoms with Gasteiger partial charge in [0.1, 0.15) is 24.6 Å². The lowest BCUT2D eigenvalue weighted by Gasteiger charge is -2.15. The molecule has 0 aliphatic rings. The molecular weight excluding hydrogens is 272 g/mol. The van der Waals surface area contributed by atoms with Crippen LogP contribution in [0.15, 0.2) is 36.4 Å². The van der Waals surface area contributed by atoms with Crippen LogP contribution in [0.1, 0.15) is 19.4 Å². The fourth-order valence-electron chi connectivity index (χ4n) is 1.58. The molecule has 1 N–H and O–H groups in total. The Morgan fingerprint density at radius 2 is 1.95 bits per heavy atom. The molecule has 1 unspecified atom stereocenters. The van der Waals surface area contributed by atoms with Gasteiger partial charge in [0.05, 0.1) is 0 Å². The topological polar surface area (TPSA) is 72.8 Å². The Morgan fingerprint density at radius 1 is 1.33 bits per heavy atom. The number of hydrogen-bond donors (Lipinski definition) is 1. The zero-order valence-corrected chi connectivity index (χ0v) is 12.3. The lowest BCUT2D eigenvalue weighted by molar-refractivity contribution is -0.139. The summed E-state index contributed by atoms with van der Waals surface area (Å²) in [6.45, 7) is 6.90. The molecule has 5 nitrogen and oxygen atoms in total. The Bertz CT molecular complexity index is 502. The molecular formula is C16H20O5. The molecule has 1 aromatic rings. The number of hydrogen-bond acceptors (Lipinski definition) is 5. The van der Waals surface area contributed by atoms with Gasteiger partial charge in [-0.25, -0.2) is 4.79 Å². The highest BCUT2D eigenvalue weighted by molar-refractivity contribution is 5.86. The van der Waals surface area contributed by atoms with Gasteiger partial charge in [-0.2, -0.15) is 0 Å². The van der Waals surface area contributed by atoms with Crippen molar-refractivity contribution in [3.63, 3.8) is 0 Å². The Balaban J connectivity index is 2.39. The van der Waals surface area contributed by atoms with Crippen molar-refractivity contribution in [3.8, 4) is 5.75 Å². The highest BCUT2D eigenvalue weighted by Crippen LogP contribution is 2.16. The first-order valence-electron chi connectivity index (χ1n) is 6.57. The smallest absolute Gasteiger partial charge is 0.333 e. The van der Waals surface area contributed by atoms with E-state index in [0.29, 0.717) is 17.6 Å². The Labute approximate surface area is 124 Å². The molecule has 114 valence electrons. The summed E-state index contributed by atoms with van der Waals surface area (Å²) in [6.07, 6.45) is 0.764. The van der Waals surface area contributed by atoms with Crippen molar-refractivity contribution in [2.24, 2.45) is 0 Å². The lowest BCUT2D eigenvalue weighted by atomic mass is 9.98. The van der Waals surface area contributed by atoms with E-state index in [-0.39, 0.29) is 19.6 Å². The van der Waals surface area contributed by atoms with Crippen molar-refractivity contribution in [2.75, 3.05) is 13.2 Å². The predicted molar refractivity (Wildman–Crippen MR) is 78.1 cm³/mol. The van der Waals surface area contributed by atoms with Gasteiger partial charge in [-0.15, -0.1) is 0 Å². The largest absolute Gasteiger partial charge is 0.490 e. The maximum absolute atomic E-state index is 11.1. The molecule has 0 fully saturated rings. The van der Waals surface area contributed by atoms with Crippen LogP contribution < -0.4 is 4.74 Å². The van der Waals surface area contributed by atoms with Gasteiger partial charge < -0.3 is 19.4 Å².